The second kappa shape index (κ2) is 6.15. The number of nitrogens with zero attached hydrogens (tertiary/aromatic N) is 1. The Balaban J connectivity index is 1.88. The first-order valence-corrected chi connectivity index (χ1v) is 5.93. The molecule has 0 aliphatic carbocycles. The van der Waals surface area contributed by atoms with Gasteiger partial charge in [0.2, 0.25) is 0 Å². The van der Waals surface area contributed by atoms with Crippen molar-refractivity contribution in [1.82, 2.24) is 10.3 Å². The molecule has 0 atom stereocenters. The predicted molar refractivity (Wildman–Crippen MR) is 71.5 cm³/mol. The highest BCUT2D eigenvalue weighted by atomic mass is 35.5. The zero-order chi connectivity index (χ0) is 13.7. The Morgan fingerprint density at radius 1 is 1.26 bits per heavy atom. The molecule has 0 saturated heterocycles. The zero-order valence-corrected chi connectivity index (χ0v) is 10.6. The first-order valence-electron chi connectivity index (χ1n) is 5.55. The van der Waals surface area contributed by atoms with E-state index in [1.54, 1.807) is 30.3 Å². The normalized spacial score (nSPS) is 10.0. The minimum Gasteiger partial charge on any atom is -0.334 e. The average molecular weight is 280 g/mol. The van der Waals surface area contributed by atoms with Crippen molar-refractivity contribution >= 4 is 23.4 Å². The predicted octanol–water partition coefficient (Wildman–Crippen LogP) is 3.20. The van der Waals surface area contributed by atoms with E-state index < -0.39 is 6.03 Å². The maximum Gasteiger partial charge on any atom is 0.320 e. The third-order valence-electron chi connectivity index (χ3n) is 2.37. The first-order chi connectivity index (χ1) is 9.15. The average Bonchev–Trinajstić information content (AvgIpc) is 2.40. The van der Waals surface area contributed by atoms with E-state index in [-0.39, 0.29) is 12.4 Å². The van der Waals surface area contributed by atoms with Gasteiger partial charge in [-0.3, -0.25) is 5.32 Å². The third kappa shape index (κ3) is 3.93. The van der Waals surface area contributed by atoms with Gasteiger partial charge in [0.25, 0.3) is 0 Å². The lowest BCUT2D eigenvalue weighted by Gasteiger charge is -2.07. The molecule has 0 unspecified atom stereocenters. The first kappa shape index (κ1) is 13.3. The molecule has 1 aromatic heterocycles. The Morgan fingerprint density at radius 3 is 2.74 bits per heavy atom. The Morgan fingerprint density at radius 2 is 2.05 bits per heavy atom. The van der Waals surface area contributed by atoms with E-state index in [0.717, 1.165) is 0 Å². The van der Waals surface area contributed by atoms with Crippen molar-refractivity contribution in [3.05, 3.63) is 59.0 Å². The van der Waals surface area contributed by atoms with Crippen LogP contribution in [-0.2, 0) is 6.54 Å². The van der Waals surface area contributed by atoms with Crippen LogP contribution in [0.15, 0.2) is 42.6 Å². The van der Waals surface area contributed by atoms with Crippen LogP contribution < -0.4 is 10.6 Å². The zero-order valence-electron chi connectivity index (χ0n) is 9.86. The molecular formula is C13H11ClFN3O. The minimum absolute atomic E-state index is 0.103. The SMILES string of the molecule is O=C(NCc1ccccc1F)Nc1ccc(Cl)cn1. The summed E-state index contributed by atoms with van der Waals surface area (Å²) in [4.78, 5) is 15.5. The molecule has 6 heteroatoms. The van der Waals surface area contributed by atoms with Gasteiger partial charge in [0.1, 0.15) is 11.6 Å². The monoisotopic (exact) mass is 279 g/mol. The van der Waals surface area contributed by atoms with Gasteiger partial charge in [-0.05, 0) is 18.2 Å². The highest BCUT2D eigenvalue weighted by molar-refractivity contribution is 6.30. The number of hydrogen-bond acceptors (Lipinski definition) is 2. The third-order valence-corrected chi connectivity index (χ3v) is 2.59. The second-order valence-electron chi connectivity index (χ2n) is 3.76. The number of nitrogens with one attached hydrogen (secondary N) is 2. The Bertz CT molecular complexity index is 574. The molecule has 0 fully saturated rings. The number of hydrogen-bond donors (Lipinski definition) is 2. The van der Waals surface area contributed by atoms with Gasteiger partial charge in [0, 0.05) is 18.3 Å². The van der Waals surface area contributed by atoms with E-state index >= 15 is 0 Å². The number of aromatic nitrogens is 1. The fraction of sp³-hybridized carbons (Fsp3) is 0.0769. The Kier molecular flexibility index (Phi) is 4.30. The van der Waals surface area contributed by atoms with Gasteiger partial charge in [-0.1, -0.05) is 29.8 Å². The summed E-state index contributed by atoms with van der Waals surface area (Å²) in [7, 11) is 0. The summed E-state index contributed by atoms with van der Waals surface area (Å²) in [6.07, 6.45) is 1.42. The quantitative estimate of drug-likeness (QED) is 0.906. The summed E-state index contributed by atoms with van der Waals surface area (Å²) in [5, 5.41) is 5.54. The second-order valence-corrected chi connectivity index (χ2v) is 4.20. The highest BCUT2D eigenvalue weighted by Gasteiger charge is 2.05. The van der Waals surface area contributed by atoms with E-state index in [9.17, 15) is 9.18 Å². The molecule has 19 heavy (non-hydrogen) atoms. The van der Waals surface area contributed by atoms with Crippen LogP contribution >= 0.6 is 11.6 Å². The molecule has 4 nitrogen and oxygen atoms in total. The van der Waals surface area contributed by atoms with Crippen molar-refractivity contribution in [3.8, 4) is 0 Å². The van der Waals surface area contributed by atoms with Gasteiger partial charge in [-0.15, -0.1) is 0 Å². The van der Waals surface area contributed by atoms with E-state index in [1.165, 1.54) is 12.3 Å². The van der Waals surface area contributed by atoms with Crippen molar-refractivity contribution in [2.24, 2.45) is 0 Å². The maximum atomic E-state index is 13.3. The molecule has 0 bridgehead atoms. The number of amides is 2. The fourth-order valence-corrected chi connectivity index (χ4v) is 1.54. The lowest BCUT2D eigenvalue weighted by molar-refractivity contribution is 0.251. The van der Waals surface area contributed by atoms with E-state index in [2.05, 4.69) is 15.6 Å². The molecule has 0 saturated carbocycles. The molecule has 1 aromatic carbocycles. The number of anilines is 1. The van der Waals surface area contributed by atoms with Gasteiger partial charge >= 0.3 is 6.03 Å². The number of benzene rings is 1. The molecule has 0 aliphatic heterocycles. The molecule has 98 valence electrons. The summed E-state index contributed by atoms with van der Waals surface area (Å²) >= 11 is 5.67. The molecule has 2 amide bonds. The van der Waals surface area contributed by atoms with Crippen LogP contribution in [0.25, 0.3) is 0 Å². The van der Waals surface area contributed by atoms with Crippen LogP contribution in [-0.4, -0.2) is 11.0 Å². The molecule has 1 heterocycles. The molecular weight excluding hydrogens is 269 g/mol. The van der Waals surface area contributed by atoms with E-state index in [0.29, 0.717) is 16.4 Å². The van der Waals surface area contributed by atoms with E-state index in [1.807, 2.05) is 0 Å². The maximum absolute atomic E-state index is 13.3. The summed E-state index contributed by atoms with van der Waals surface area (Å²) in [6, 6.07) is 8.98. The lowest BCUT2D eigenvalue weighted by atomic mass is 10.2. The number of carbonyl (C=O) groups is 1. The van der Waals surface area contributed by atoms with Gasteiger partial charge in [0.15, 0.2) is 0 Å². The summed E-state index contributed by atoms with van der Waals surface area (Å²) in [5.41, 5.74) is 0.418. The van der Waals surface area contributed by atoms with Gasteiger partial charge in [-0.25, -0.2) is 14.2 Å². The van der Waals surface area contributed by atoms with Crippen LogP contribution in [0.5, 0.6) is 0 Å². The van der Waals surface area contributed by atoms with Gasteiger partial charge in [-0.2, -0.15) is 0 Å². The lowest BCUT2D eigenvalue weighted by Crippen LogP contribution is -2.28. The van der Waals surface area contributed by atoms with E-state index in [4.69, 9.17) is 11.6 Å². The summed E-state index contributed by atoms with van der Waals surface area (Å²) in [5.74, 6) is 0.0165. The smallest absolute Gasteiger partial charge is 0.320 e. The van der Waals surface area contributed by atoms with Gasteiger partial charge < -0.3 is 5.32 Å². The van der Waals surface area contributed by atoms with Crippen molar-refractivity contribution in [2.45, 2.75) is 6.54 Å². The number of carbonyl (C=O) groups excluding carboxylic acids is 1. The number of pyridine rings is 1. The fourth-order valence-electron chi connectivity index (χ4n) is 1.43. The topological polar surface area (TPSA) is 54.0 Å². The number of halogens is 2. The molecule has 0 aliphatic rings. The molecule has 0 radical (unpaired) electrons. The van der Waals surface area contributed by atoms with Crippen molar-refractivity contribution in [1.29, 1.82) is 0 Å². The van der Waals surface area contributed by atoms with Crippen molar-refractivity contribution < 1.29 is 9.18 Å². The van der Waals surface area contributed by atoms with Crippen molar-refractivity contribution in [2.75, 3.05) is 5.32 Å². The van der Waals surface area contributed by atoms with Crippen LogP contribution in [0.3, 0.4) is 0 Å². The molecule has 2 aromatic rings. The largest absolute Gasteiger partial charge is 0.334 e. The standard InChI is InChI=1S/C13H11ClFN3O/c14-10-5-6-12(16-8-10)18-13(19)17-7-9-3-1-2-4-11(9)15/h1-6,8H,7H2,(H2,16,17,18,19). The summed E-state index contributed by atoms with van der Waals surface area (Å²) in [6.45, 7) is 0.103. The Labute approximate surface area is 114 Å². The van der Waals surface area contributed by atoms with Crippen LogP contribution in [0, 0.1) is 5.82 Å². The number of urea groups is 1. The highest BCUT2D eigenvalue weighted by Crippen LogP contribution is 2.09. The number of rotatable bonds is 3. The molecule has 2 N–H and O–H groups in total. The Hall–Kier alpha value is -2.14. The van der Waals surface area contributed by atoms with Crippen LogP contribution in [0.4, 0.5) is 15.0 Å². The van der Waals surface area contributed by atoms with Gasteiger partial charge in [0.05, 0.1) is 5.02 Å². The summed E-state index contributed by atoms with van der Waals surface area (Å²) < 4.78 is 13.3. The molecule has 0 spiro atoms. The van der Waals surface area contributed by atoms with Crippen LogP contribution in [0.2, 0.25) is 5.02 Å². The molecule has 2 rings (SSSR count). The van der Waals surface area contributed by atoms with Crippen LogP contribution in [0.1, 0.15) is 5.56 Å². The minimum atomic E-state index is -0.460. The van der Waals surface area contributed by atoms with Crippen molar-refractivity contribution in [3.63, 3.8) is 0 Å².